The first-order chi connectivity index (χ1) is 7.33. The van der Waals surface area contributed by atoms with Gasteiger partial charge in [0, 0.05) is 13.2 Å². The maximum atomic E-state index is 9.72. The fourth-order valence-electron chi connectivity index (χ4n) is 1.45. The Labute approximate surface area is 91.9 Å². The summed E-state index contributed by atoms with van der Waals surface area (Å²) in [5.74, 6) is 0. The zero-order chi connectivity index (χ0) is 10.9. The minimum Gasteiger partial charge on any atom is -0.393 e. The van der Waals surface area contributed by atoms with Crippen LogP contribution in [0, 0.1) is 0 Å². The van der Waals surface area contributed by atoms with Crippen molar-refractivity contribution in [1.29, 1.82) is 0 Å². The summed E-state index contributed by atoms with van der Waals surface area (Å²) in [6, 6.07) is 10.1. The van der Waals surface area contributed by atoms with Crippen LogP contribution in [-0.2, 0) is 11.2 Å². The molecule has 1 aromatic carbocycles. The summed E-state index contributed by atoms with van der Waals surface area (Å²) in [6.45, 7) is 3.53. The van der Waals surface area contributed by atoms with Gasteiger partial charge in [-0.25, -0.2) is 0 Å². The van der Waals surface area contributed by atoms with Crippen molar-refractivity contribution in [3.8, 4) is 0 Å². The Hall–Kier alpha value is -0.860. The van der Waals surface area contributed by atoms with Gasteiger partial charge in [-0.05, 0) is 24.8 Å². The molecule has 1 atom stereocenters. The molecule has 0 aliphatic rings. The van der Waals surface area contributed by atoms with Crippen LogP contribution in [0.25, 0.3) is 0 Å². The molecule has 2 nitrogen and oxygen atoms in total. The van der Waals surface area contributed by atoms with E-state index >= 15 is 0 Å². The molecule has 15 heavy (non-hydrogen) atoms. The lowest BCUT2D eigenvalue weighted by atomic mass is 10.1. The van der Waals surface area contributed by atoms with E-state index in [9.17, 15) is 5.11 Å². The Balaban J connectivity index is 2.16. The highest BCUT2D eigenvalue weighted by molar-refractivity contribution is 5.15. The van der Waals surface area contributed by atoms with Gasteiger partial charge in [-0.2, -0.15) is 0 Å². The number of rotatable bonds is 7. The third kappa shape index (κ3) is 5.55. The highest BCUT2D eigenvalue weighted by Gasteiger charge is 2.04. The van der Waals surface area contributed by atoms with E-state index < -0.39 is 0 Å². The molecule has 2 heteroatoms. The molecule has 1 aromatic rings. The van der Waals surface area contributed by atoms with E-state index in [1.807, 2.05) is 30.3 Å². The maximum Gasteiger partial charge on any atom is 0.0602 e. The molecule has 0 saturated heterocycles. The molecular formula is C13H20O2. The molecule has 1 N–H and O–H groups in total. The first kappa shape index (κ1) is 12.2. The maximum absolute atomic E-state index is 9.72. The molecule has 0 bridgehead atoms. The predicted octanol–water partition coefficient (Wildman–Crippen LogP) is 2.41. The minimum atomic E-state index is -0.288. The van der Waals surface area contributed by atoms with Crippen LogP contribution in [0.3, 0.4) is 0 Å². The molecule has 1 unspecified atom stereocenters. The summed E-state index contributed by atoms with van der Waals surface area (Å²) in [7, 11) is 0. The number of aliphatic hydroxyl groups excluding tert-OH is 1. The first-order valence-electron chi connectivity index (χ1n) is 5.62. The van der Waals surface area contributed by atoms with Crippen LogP contribution >= 0.6 is 0 Å². The second-order valence-electron chi connectivity index (χ2n) is 3.74. The molecule has 0 saturated carbocycles. The first-order valence-corrected chi connectivity index (χ1v) is 5.62. The Kier molecular flexibility index (Phi) is 6.05. The molecule has 0 spiro atoms. The monoisotopic (exact) mass is 208 g/mol. The highest BCUT2D eigenvalue weighted by Crippen LogP contribution is 2.05. The summed E-state index contributed by atoms with van der Waals surface area (Å²) < 4.78 is 5.33. The number of hydrogen-bond acceptors (Lipinski definition) is 2. The number of benzene rings is 1. The third-order valence-electron chi connectivity index (χ3n) is 2.26. The fraction of sp³-hybridized carbons (Fsp3) is 0.538. The van der Waals surface area contributed by atoms with E-state index in [-0.39, 0.29) is 6.10 Å². The Morgan fingerprint density at radius 2 is 1.93 bits per heavy atom. The number of aliphatic hydroxyl groups is 1. The van der Waals surface area contributed by atoms with Gasteiger partial charge >= 0.3 is 0 Å². The Morgan fingerprint density at radius 3 is 2.60 bits per heavy atom. The van der Waals surface area contributed by atoms with Crippen LogP contribution in [0.2, 0.25) is 0 Å². The third-order valence-corrected chi connectivity index (χ3v) is 2.26. The molecule has 0 aromatic heterocycles. The number of hydrogen-bond donors (Lipinski definition) is 1. The van der Waals surface area contributed by atoms with Crippen LogP contribution < -0.4 is 0 Å². The summed E-state index contributed by atoms with van der Waals surface area (Å²) in [4.78, 5) is 0. The number of ether oxygens (including phenoxy) is 1. The van der Waals surface area contributed by atoms with Crippen LogP contribution in [0.15, 0.2) is 30.3 Å². The van der Waals surface area contributed by atoms with Gasteiger partial charge in [0.25, 0.3) is 0 Å². The van der Waals surface area contributed by atoms with Crippen LogP contribution in [0.5, 0.6) is 0 Å². The Morgan fingerprint density at radius 1 is 1.20 bits per heavy atom. The lowest BCUT2D eigenvalue weighted by molar-refractivity contribution is 0.0824. The van der Waals surface area contributed by atoms with Crippen molar-refractivity contribution in [2.45, 2.75) is 32.3 Å². The zero-order valence-corrected chi connectivity index (χ0v) is 9.36. The lowest BCUT2D eigenvalue weighted by Crippen LogP contribution is -2.13. The van der Waals surface area contributed by atoms with Crippen molar-refractivity contribution in [2.75, 3.05) is 13.2 Å². The summed E-state index contributed by atoms with van der Waals surface area (Å²) in [6.07, 6.45) is 2.18. The summed E-state index contributed by atoms with van der Waals surface area (Å²) in [5, 5.41) is 9.72. The van der Waals surface area contributed by atoms with Gasteiger partial charge in [-0.3, -0.25) is 0 Å². The van der Waals surface area contributed by atoms with Gasteiger partial charge in [0.05, 0.1) is 6.10 Å². The molecule has 0 amide bonds. The molecule has 0 fully saturated rings. The van der Waals surface area contributed by atoms with E-state index in [4.69, 9.17) is 4.74 Å². The quantitative estimate of drug-likeness (QED) is 0.697. The van der Waals surface area contributed by atoms with Gasteiger partial charge in [0.15, 0.2) is 0 Å². The van der Waals surface area contributed by atoms with Crippen LogP contribution in [0.1, 0.15) is 25.3 Å². The van der Waals surface area contributed by atoms with E-state index in [0.29, 0.717) is 6.61 Å². The largest absolute Gasteiger partial charge is 0.393 e. The lowest BCUT2D eigenvalue weighted by Gasteiger charge is -2.10. The zero-order valence-electron chi connectivity index (χ0n) is 9.36. The van der Waals surface area contributed by atoms with Crippen LogP contribution in [-0.4, -0.2) is 24.4 Å². The second-order valence-corrected chi connectivity index (χ2v) is 3.74. The average molecular weight is 208 g/mol. The molecule has 0 aliphatic heterocycles. The minimum absolute atomic E-state index is 0.288. The van der Waals surface area contributed by atoms with Gasteiger partial charge in [-0.1, -0.05) is 37.3 Å². The van der Waals surface area contributed by atoms with Crippen molar-refractivity contribution in [3.63, 3.8) is 0 Å². The van der Waals surface area contributed by atoms with Crippen molar-refractivity contribution in [3.05, 3.63) is 35.9 Å². The van der Waals surface area contributed by atoms with Gasteiger partial charge < -0.3 is 9.84 Å². The van der Waals surface area contributed by atoms with Gasteiger partial charge in [0.2, 0.25) is 0 Å². The van der Waals surface area contributed by atoms with E-state index in [0.717, 1.165) is 25.9 Å². The fourth-order valence-corrected chi connectivity index (χ4v) is 1.45. The predicted molar refractivity (Wildman–Crippen MR) is 61.9 cm³/mol. The van der Waals surface area contributed by atoms with E-state index in [1.54, 1.807) is 0 Å². The standard InChI is InChI=1S/C13H20O2/c1-2-9-15-10-8-13(14)11-12-6-4-3-5-7-12/h3-7,13-14H,2,8-11H2,1H3. The summed E-state index contributed by atoms with van der Waals surface area (Å²) >= 11 is 0. The molecule has 0 aliphatic carbocycles. The molecule has 0 radical (unpaired) electrons. The Bertz CT molecular complexity index is 246. The molecule has 84 valence electrons. The van der Waals surface area contributed by atoms with E-state index in [1.165, 1.54) is 5.56 Å². The normalized spacial score (nSPS) is 12.7. The summed E-state index contributed by atoms with van der Waals surface area (Å²) in [5.41, 5.74) is 1.18. The smallest absolute Gasteiger partial charge is 0.0602 e. The molecule has 1 rings (SSSR count). The van der Waals surface area contributed by atoms with Crippen molar-refractivity contribution in [1.82, 2.24) is 0 Å². The van der Waals surface area contributed by atoms with Gasteiger partial charge in [0.1, 0.15) is 0 Å². The molecular weight excluding hydrogens is 188 g/mol. The van der Waals surface area contributed by atoms with Crippen LogP contribution in [0.4, 0.5) is 0 Å². The van der Waals surface area contributed by atoms with Crippen molar-refractivity contribution in [2.24, 2.45) is 0 Å². The topological polar surface area (TPSA) is 29.5 Å². The van der Waals surface area contributed by atoms with E-state index in [2.05, 4.69) is 6.92 Å². The van der Waals surface area contributed by atoms with Gasteiger partial charge in [-0.15, -0.1) is 0 Å². The van der Waals surface area contributed by atoms with Crippen molar-refractivity contribution >= 4 is 0 Å². The van der Waals surface area contributed by atoms with Crippen molar-refractivity contribution < 1.29 is 9.84 Å². The highest BCUT2D eigenvalue weighted by atomic mass is 16.5. The average Bonchev–Trinajstić information content (AvgIpc) is 2.26. The second kappa shape index (κ2) is 7.43. The SMILES string of the molecule is CCCOCCC(O)Cc1ccccc1. The molecule has 0 heterocycles.